The van der Waals surface area contributed by atoms with Gasteiger partial charge in [-0.2, -0.15) is 0 Å². The summed E-state index contributed by atoms with van der Waals surface area (Å²) >= 11 is 18.2. The first-order chi connectivity index (χ1) is 15.3. The summed E-state index contributed by atoms with van der Waals surface area (Å²) in [5.74, 6) is 0.629. The second-order valence-electron chi connectivity index (χ2n) is 7.31. The lowest BCUT2D eigenvalue weighted by atomic mass is 10.1. The van der Waals surface area contributed by atoms with E-state index in [-0.39, 0.29) is 22.9 Å². The highest BCUT2D eigenvalue weighted by atomic mass is 35.5. The largest absolute Gasteiger partial charge is 0.437 e. The molecule has 1 fully saturated rings. The number of ether oxygens (including phenoxy) is 1. The van der Waals surface area contributed by atoms with Gasteiger partial charge in [0.05, 0.1) is 15.6 Å². The van der Waals surface area contributed by atoms with Gasteiger partial charge >= 0.3 is 0 Å². The Labute approximate surface area is 199 Å². The molecule has 0 N–H and O–H groups in total. The lowest BCUT2D eigenvalue weighted by Gasteiger charge is -2.40. The monoisotopic (exact) mass is 494 g/mol. The quantitative estimate of drug-likeness (QED) is 0.463. The van der Waals surface area contributed by atoms with Crippen molar-refractivity contribution in [3.63, 3.8) is 0 Å². The van der Waals surface area contributed by atoms with Gasteiger partial charge in [-0.15, -0.1) is 0 Å². The van der Waals surface area contributed by atoms with Crippen LogP contribution in [0.5, 0.6) is 11.6 Å². The van der Waals surface area contributed by atoms with Gasteiger partial charge < -0.3 is 14.5 Å². The Morgan fingerprint density at radius 1 is 1.06 bits per heavy atom. The average Bonchev–Trinajstić information content (AvgIpc) is 2.75. The Balaban J connectivity index is 1.46. The van der Waals surface area contributed by atoms with Crippen molar-refractivity contribution in [2.45, 2.75) is 13.0 Å². The van der Waals surface area contributed by atoms with Crippen LogP contribution in [0.15, 0.2) is 48.8 Å². The fraction of sp³-hybridized carbons (Fsp3) is 0.227. The average molecular weight is 496 g/mol. The van der Waals surface area contributed by atoms with E-state index in [0.29, 0.717) is 46.8 Å². The molecule has 1 aliphatic heterocycles. The van der Waals surface area contributed by atoms with Crippen LogP contribution >= 0.6 is 34.8 Å². The van der Waals surface area contributed by atoms with Crippen molar-refractivity contribution in [3.8, 4) is 11.6 Å². The molecule has 6 nitrogen and oxygen atoms in total. The van der Waals surface area contributed by atoms with Crippen molar-refractivity contribution < 1.29 is 13.9 Å². The Kier molecular flexibility index (Phi) is 6.69. The van der Waals surface area contributed by atoms with Crippen molar-refractivity contribution in [1.29, 1.82) is 0 Å². The molecule has 0 radical (unpaired) electrons. The molecule has 166 valence electrons. The van der Waals surface area contributed by atoms with Gasteiger partial charge in [0.1, 0.15) is 23.7 Å². The number of rotatable bonds is 4. The Hall–Kier alpha value is -2.61. The zero-order valence-corrected chi connectivity index (χ0v) is 19.2. The van der Waals surface area contributed by atoms with Crippen LogP contribution in [0.2, 0.25) is 15.1 Å². The van der Waals surface area contributed by atoms with Gasteiger partial charge in [0, 0.05) is 36.8 Å². The summed E-state index contributed by atoms with van der Waals surface area (Å²) in [6.07, 6.45) is 1.39. The van der Waals surface area contributed by atoms with E-state index >= 15 is 0 Å². The molecule has 3 aromatic rings. The minimum Gasteiger partial charge on any atom is -0.437 e. The van der Waals surface area contributed by atoms with Gasteiger partial charge in [0.25, 0.3) is 5.91 Å². The number of hydrogen-bond donors (Lipinski definition) is 0. The SMILES string of the molecule is C[C@@H]1CN(c2cc(Oc3ccc(F)cc3Cl)ncn2)CCN1C(=O)c1ccc(Cl)cc1Cl. The Bertz CT molecular complexity index is 1160. The third-order valence-electron chi connectivity index (χ3n) is 5.11. The number of nitrogens with zero attached hydrogens (tertiary/aromatic N) is 4. The minimum absolute atomic E-state index is 0.0890. The van der Waals surface area contributed by atoms with Gasteiger partial charge in [-0.25, -0.2) is 14.4 Å². The summed E-state index contributed by atoms with van der Waals surface area (Å²) < 4.78 is 18.9. The zero-order chi connectivity index (χ0) is 22.8. The molecule has 0 spiro atoms. The van der Waals surface area contributed by atoms with Crippen molar-refractivity contribution in [2.24, 2.45) is 0 Å². The molecule has 0 saturated carbocycles. The lowest BCUT2D eigenvalue weighted by Crippen LogP contribution is -2.54. The Morgan fingerprint density at radius 2 is 1.88 bits per heavy atom. The third kappa shape index (κ3) is 4.90. The van der Waals surface area contributed by atoms with Crippen LogP contribution in [0.4, 0.5) is 10.2 Å². The summed E-state index contributed by atoms with van der Waals surface area (Å²) in [6, 6.07) is 10.3. The summed E-state index contributed by atoms with van der Waals surface area (Å²) in [4.78, 5) is 25.3. The predicted molar refractivity (Wildman–Crippen MR) is 123 cm³/mol. The van der Waals surface area contributed by atoms with Crippen LogP contribution in [-0.4, -0.2) is 46.5 Å². The maximum atomic E-state index is 13.3. The van der Waals surface area contributed by atoms with Gasteiger partial charge in [0.2, 0.25) is 5.88 Å². The first kappa shape index (κ1) is 22.6. The second kappa shape index (κ2) is 9.48. The summed E-state index contributed by atoms with van der Waals surface area (Å²) in [6.45, 7) is 3.58. The number of halogens is 4. The van der Waals surface area contributed by atoms with E-state index in [2.05, 4.69) is 9.97 Å². The molecule has 0 unspecified atom stereocenters. The molecule has 32 heavy (non-hydrogen) atoms. The van der Waals surface area contributed by atoms with E-state index in [1.807, 2.05) is 11.8 Å². The van der Waals surface area contributed by atoms with Crippen LogP contribution in [0.25, 0.3) is 0 Å². The van der Waals surface area contributed by atoms with Crippen molar-refractivity contribution in [1.82, 2.24) is 14.9 Å². The normalized spacial score (nSPS) is 16.2. The van der Waals surface area contributed by atoms with Crippen LogP contribution in [0.3, 0.4) is 0 Å². The predicted octanol–water partition coefficient (Wildman–Crippen LogP) is 5.72. The van der Waals surface area contributed by atoms with E-state index in [9.17, 15) is 9.18 Å². The second-order valence-corrected chi connectivity index (χ2v) is 8.56. The first-order valence-electron chi connectivity index (χ1n) is 9.78. The third-order valence-corrected chi connectivity index (χ3v) is 5.95. The molecule has 2 heterocycles. The molecule has 1 aliphatic rings. The Morgan fingerprint density at radius 3 is 2.59 bits per heavy atom. The highest BCUT2D eigenvalue weighted by Crippen LogP contribution is 2.30. The van der Waals surface area contributed by atoms with Gasteiger partial charge in [0.15, 0.2) is 0 Å². The molecule has 1 atom stereocenters. The first-order valence-corrected chi connectivity index (χ1v) is 10.9. The number of amides is 1. The smallest absolute Gasteiger partial charge is 0.255 e. The molecular formula is C22H18Cl3FN4O2. The van der Waals surface area contributed by atoms with E-state index in [1.165, 1.54) is 24.5 Å². The van der Waals surface area contributed by atoms with Crippen molar-refractivity contribution >= 4 is 46.5 Å². The maximum absolute atomic E-state index is 13.3. The highest BCUT2D eigenvalue weighted by molar-refractivity contribution is 6.36. The van der Waals surface area contributed by atoms with Gasteiger partial charge in [-0.05, 0) is 43.3 Å². The lowest BCUT2D eigenvalue weighted by molar-refractivity contribution is 0.0674. The summed E-state index contributed by atoms with van der Waals surface area (Å²) in [7, 11) is 0. The zero-order valence-electron chi connectivity index (χ0n) is 16.9. The molecular weight excluding hydrogens is 478 g/mol. The molecule has 10 heteroatoms. The molecule has 0 aliphatic carbocycles. The fourth-order valence-corrected chi connectivity index (χ4v) is 4.21. The highest BCUT2D eigenvalue weighted by Gasteiger charge is 2.30. The van der Waals surface area contributed by atoms with Crippen LogP contribution in [0, 0.1) is 5.82 Å². The summed E-state index contributed by atoms with van der Waals surface area (Å²) in [5, 5.41) is 0.953. The number of aromatic nitrogens is 2. The maximum Gasteiger partial charge on any atom is 0.255 e. The van der Waals surface area contributed by atoms with Gasteiger partial charge in [-0.1, -0.05) is 34.8 Å². The number of benzene rings is 2. The van der Waals surface area contributed by atoms with Crippen molar-refractivity contribution in [3.05, 3.63) is 75.2 Å². The number of anilines is 1. The van der Waals surface area contributed by atoms with Crippen LogP contribution < -0.4 is 9.64 Å². The minimum atomic E-state index is -0.452. The van der Waals surface area contributed by atoms with E-state index in [0.717, 1.165) is 0 Å². The van der Waals surface area contributed by atoms with E-state index in [1.54, 1.807) is 29.2 Å². The standard InChI is InChI=1S/C22H18Cl3FN4O2/c1-13-11-29(6-7-30(13)22(31)16-4-2-14(23)8-17(16)24)20-10-21(28-12-27-20)32-19-5-3-15(26)9-18(19)25/h2-5,8-10,12-13H,6-7,11H2,1H3/t13-/m1/s1. The molecule has 1 amide bonds. The molecule has 1 saturated heterocycles. The van der Waals surface area contributed by atoms with E-state index in [4.69, 9.17) is 39.5 Å². The number of piperazine rings is 1. The number of carbonyl (C=O) groups is 1. The summed E-state index contributed by atoms with van der Waals surface area (Å²) in [5.41, 5.74) is 0.422. The number of carbonyl (C=O) groups excluding carboxylic acids is 1. The van der Waals surface area contributed by atoms with Crippen LogP contribution in [-0.2, 0) is 0 Å². The van der Waals surface area contributed by atoms with Crippen LogP contribution in [0.1, 0.15) is 17.3 Å². The van der Waals surface area contributed by atoms with Crippen molar-refractivity contribution in [2.75, 3.05) is 24.5 Å². The molecule has 0 bridgehead atoms. The van der Waals surface area contributed by atoms with Gasteiger partial charge in [-0.3, -0.25) is 4.79 Å². The molecule has 2 aromatic carbocycles. The topological polar surface area (TPSA) is 58.6 Å². The number of hydrogen-bond acceptors (Lipinski definition) is 5. The molecule has 1 aromatic heterocycles. The van der Waals surface area contributed by atoms with E-state index < -0.39 is 5.82 Å². The molecule has 4 rings (SSSR count). The fourth-order valence-electron chi connectivity index (χ4n) is 3.51.